The van der Waals surface area contributed by atoms with E-state index >= 15 is 0 Å². The lowest BCUT2D eigenvalue weighted by Gasteiger charge is -2.33. The van der Waals surface area contributed by atoms with Crippen LogP contribution in [0.1, 0.15) is 24.1 Å². The van der Waals surface area contributed by atoms with E-state index in [0.717, 1.165) is 35.4 Å². The van der Waals surface area contributed by atoms with Crippen LogP contribution in [0.3, 0.4) is 0 Å². The summed E-state index contributed by atoms with van der Waals surface area (Å²) in [6.07, 6.45) is 4.66. The maximum Gasteiger partial charge on any atom is 0.325 e. The van der Waals surface area contributed by atoms with Gasteiger partial charge in [-0.25, -0.2) is 4.79 Å². The Kier molecular flexibility index (Phi) is 4.31. The number of imide groups is 1. The largest absolute Gasteiger partial charge is 0.341 e. The Morgan fingerprint density at radius 3 is 2.91 bits per heavy atom. The third-order valence-corrected chi connectivity index (χ3v) is 4.53. The van der Waals surface area contributed by atoms with Gasteiger partial charge < -0.3 is 10.2 Å². The molecule has 1 atom stereocenters. The monoisotopic (exact) mass is 319 g/mol. The van der Waals surface area contributed by atoms with E-state index in [1.165, 1.54) is 0 Å². The fourth-order valence-corrected chi connectivity index (χ4v) is 3.18. The first-order valence-corrected chi connectivity index (χ1v) is 7.89. The van der Waals surface area contributed by atoms with E-state index in [9.17, 15) is 14.4 Å². The predicted octanol–water partition coefficient (Wildman–Crippen LogP) is 0.0510. The lowest BCUT2D eigenvalue weighted by Crippen LogP contribution is -2.47. The Balaban J connectivity index is 1.57. The Morgan fingerprint density at radius 2 is 2.26 bits per heavy atom. The summed E-state index contributed by atoms with van der Waals surface area (Å²) in [4.78, 5) is 38.3. The van der Waals surface area contributed by atoms with Crippen molar-refractivity contribution in [3.8, 4) is 0 Å². The Hall–Kier alpha value is -2.38. The van der Waals surface area contributed by atoms with Crippen molar-refractivity contribution in [2.24, 2.45) is 5.92 Å². The summed E-state index contributed by atoms with van der Waals surface area (Å²) < 4.78 is 0. The minimum absolute atomic E-state index is 0.0200. The molecule has 2 aliphatic heterocycles. The minimum Gasteiger partial charge on any atom is -0.341 e. The third-order valence-electron chi connectivity index (χ3n) is 4.53. The van der Waals surface area contributed by atoms with Crippen molar-refractivity contribution >= 4 is 17.8 Å². The number of aromatic amines is 1. The van der Waals surface area contributed by atoms with Gasteiger partial charge in [0.2, 0.25) is 5.91 Å². The van der Waals surface area contributed by atoms with Gasteiger partial charge in [0, 0.05) is 18.8 Å². The van der Waals surface area contributed by atoms with Crippen molar-refractivity contribution in [1.82, 2.24) is 25.3 Å². The maximum atomic E-state index is 12.4. The lowest BCUT2D eigenvalue weighted by atomic mass is 9.92. The number of hydrogen-bond acceptors (Lipinski definition) is 4. The van der Waals surface area contributed by atoms with Crippen molar-refractivity contribution < 1.29 is 14.4 Å². The molecule has 4 amide bonds. The summed E-state index contributed by atoms with van der Waals surface area (Å²) >= 11 is 0. The van der Waals surface area contributed by atoms with Gasteiger partial charge in [-0.2, -0.15) is 5.10 Å². The summed E-state index contributed by atoms with van der Waals surface area (Å²) in [6, 6.07) is -0.481. The number of hydrogen-bond donors (Lipinski definition) is 2. The molecule has 0 spiro atoms. The van der Waals surface area contributed by atoms with Gasteiger partial charge in [-0.15, -0.1) is 0 Å². The number of aryl methyl sites for hydroxylation is 1. The number of urea groups is 1. The zero-order valence-corrected chi connectivity index (χ0v) is 13.2. The number of rotatable bonds is 4. The minimum atomic E-state index is -0.481. The van der Waals surface area contributed by atoms with E-state index in [2.05, 4.69) is 15.5 Å². The van der Waals surface area contributed by atoms with Crippen molar-refractivity contribution in [3.63, 3.8) is 0 Å². The number of carbonyl (C=O) groups is 3. The second kappa shape index (κ2) is 6.39. The van der Waals surface area contributed by atoms with Crippen molar-refractivity contribution in [3.05, 3.63) is 17.5 Å². The Morgan fingerprint density at radius 1 is 1.43 bits per heavy atom. The summed E-state index contributed by atoms with van der Waals surface area (Å²) in [5.41, 5.74) is 2.24. The highest BCUT2D eigenvalue weighted by Gasteiger charge is 2.33. The number of nitrogens with zero attached hydrogens (tertiary/aromatic N) is 3. The van der Waals surface area contributed by atoms with Crippen LogP contribution < -0.4 is 5.32 Å². The van der Waals surface area contributed by atoms with E-state index in [-0.39, 0.29) is 24.9 Å². The highest BCUT2D eigenvalue weighted by atomic mass is 16.2. The van der Waals surface area contributed by atoms with Crippen LogP contribution in [-0.2, 0) is 16.0 Å². The fraction of sp³-hybridized carbons (Fsp3) is 0.600. The average molecular weight is 319 g/mol. The number of amides is 4. The quantitative estimate of drug-likeness (QED) is 0.766. The first-order chi connectivity index (χ1) is 11.0. The smallest absolute Gasteiger partial charge is 0.325 e. The normalized spacial score (nSPS) is 21.7. The second-order valence-corrected chi connectivity index (χ2v) is 6.22. The number of nitrogens with one attached hydrogen (secondary N) is 2. The van der Waals surface area contributed by atoms with Crippen LogP contribution in [0.25, 0.3) is 0 Å². The van der Waals surface area contributed by atoms with Crippen LogP contribution in [0, 0.1) is 12.8 Å². The van der Waals surface area contributed by atoms with Crippen LogP contribution in [0.2, 0.25) is 0 Å². The molecule has 8 nitrogen and oxygen atoms in total. The molecule has 3 rings (SSSR count). The highest BCUT2D eigenvalue weighted by Crippen LogP contribution is 2.21. The number of likely N-dealkylation sites (tertiary alicyclic amines) is 1. The molecule has 1 aromatic rings. The molecule has 0 saturated carbocycles. The van der Waals surface area contributed by atoms with Crippen LogP contribution in [0.4, 0.5) is 4.79 Å². The molecule has 1 unspecified atom stereocenters. The maximum absolute atomic E-state index is 12.4. The van der Waals surface area contributed by atoms with Gasteiger partial charge in [0.15, 0.2) is 0 Å². The molecule has 8 heteroatoms. The van der Waals surface area contributed by atoms with Gasteiger partial charge in [-0.3, -0.25) is 19.6 Å². The van der Waals surface area contributed by atoms with Gasteiger partial charge in [-0.1, -0.05) is 0 Å². The summed E-state index contributed by atoms with van der Waals surface area (Å²) in [5, 5.41) is 9.47. The average Bonchev–Trinajstić information content (AvgIpc) is 3.08. The SMILES string of the molecule is Cc1cn[nH]c1CC1CCCN(C(=O)CN2C(=O)CNC2=O)C1. The number of piperidine rings is 1. The third kappa shape index (κ3) is 3.35. The molecule has 2 fully saturated rings. The van der Waals surface area contributed by atoms with Gasteiger partial charge in [0.25, 0.3) is 5.91 Å². The van der Waals surface area contributed by atoms with Crippen molar-refractivity contribution in [2.75, 3.05) is 26.2 Å². The molecule has 2 N–H and O–H groups in total. The van der Waals surface area contributed by atoms with Crippen molar-refractivity contribution in [2.45, 2.75) is 26.2 Å². The summed E-state index contributed by atoms with van der Waals surface area (Å²) in [6.45, 7) is 3.17. The highest BCUT2D eigenvalue weighted by molar-refractivity contribution is 6.04. The summed E-state index contributed by atoms with van der Waals surface area (Å²) in [7, 11) is 0. The van der Waals surface area contributed by atoms with E-state index in [0.29, 0.717) is 19.0 Å². The molecule has 3 heterocycles. The molecule has 0 aliphatic carbocycles. The molecule has 0 radical (unpaired) electrons. The van der Waals surface area contributed by atoms with E-state index in [1.807, 2.05) is 6.92 Å². The molecule has 2 aliphatic rings. The molecule has 0 bridgehead atoms. The molecular formula is C15H21N5O3. The predicted molar refractivity (Wildman–Crippen MR) is 81.4 cm³/mol. The summed E-state index contributed by atoms with van der Waals surface area (Å²) in [5.74, 6) is -0.138. The Bertz CT molecular complexity index is 610. The second-order valence-electron chi connectivity index (χ2n) is 6.22. The molecule has 2 saturated heterocycles. The van der Waals surface area contributed by atoms with Gasteiger partial charge >= 0.3 is 6.03 Å². The van der Waals surface area contributed by atoms with Crippen molar-refractivity contribution in [1.29, 1.82) is 0 Å². The van der Waals surface area contributed by atoms with Crippen LogP contribution >= 0.6 is 0 Å². The van der Waals surface area contributed by atoms with Crippen LogP contribution in [-0.4, -0.2) is 64.0 Å². The fourth-order valence-electron chi connectivity index (χ4n) is 3.18. The number of aromatic nitrogens is 2. The van der Waals surface area contributed by atoms with E-state index < -0.39 is 6.03 Å². The molecule has 0 aromatic carbocycles. The van der Waals surface area contributed by atoms with Crippen LogP contribution in [0.15, 0.2) is 6.20 Å². The number of H-pyrrole nitrogens is 1. The van der Waals surface area contributed by atoms with Gasteiger partial charge in [0.1, 0.15) is 6.54 Å². The molecule has 124 valence electrons. The van der Waals surface area contributed by atoms with Crippen LogP contribution in [0.5, 0.6) is 0 Å². The van der Waals surface area contributed by atoms with E-state index in [1.54, 1.807) is 11.1 Å². The standard InChI is InChI=1S/C15H21N5O3/c1-10-6-17-18-12(10)5-11-3-2-4-19(8-11)14(22)9-20-13(21)7-16-15(20)23/h6,11H,2-5,7-9H2,1H3,(H,16,23)(H,17,18). The molecular weight excluding hydrogens is 298 g/mol. The first-order valence-electron chi connectivity index (χ1n) is 7.89. The van der Waals surface area contributed by atoms with Gasteiger partial charge in [0.05, 0.1) is 12.7 Å². The zero-order valence-electron chi connectivity index (χ0n) is 13.2. The molecule has 1 aromatic heterocycles. The first kappa shape index (κ1) is 15.5. The zero-order chi connectivity index (χ0) is 16.4. The Labute approximate surface area is 134 Å². The topological polar surface area (TPSA) is 98.4 Å². The molecule has 23 heavy (non-hydrogen) atoms. The number of carbonyl (C=O) groups excluding carboxylic acids is 3. The van der Waals surface area contributed by atoms with Gasteiger partial charge in [-0.05, 0) is 37.7 Å². The van der Waals surface area contributed by atoms with E-state index in [4.69, 9.17) is 0 Å². The lowest BCUT2D eigenvalue weighted by molar-refractivity contribution is -0.137.